The van der Waals surface area contributed by atoms with Crippen molar-refractivity contribution in [2.75, 3.05) is 19.6 Å². The summed E-state index contributed by atoms with van der Waals surface area (Å²) < 4.78 is 1.11. The lowest BCUT2D eigenvalue weighted by Crippen LogP contribution is -2.46. The van der Waals surface area contributed by atoms with Crippen LogP contribution in [0.3, 0.4) is 0 Å². The lowest BCUT2D eigenvalue weighted by Gasteiger charge is -2.35. The molecule has 0 spiro atoms. The molecule has 0 aliphatic rings. The molecule has 0 bridgehead atoms. The maximum Gasteiger partial charge on any atom is 0.150 e. The van der Waals surface area contributed by atoms with Crippen LogP contribution in [0.15, 0.2) is 24.3 Å². The van der Waals surface area contributed by atoms with Gasteiger partial charge >= 0.3 is 0 Å². The van der Waals surface area contributed by atoms with Crippen molar-refractivity contribution in [2.24, 2.45) is 0 Å². The van der Waals surface area contributed by atoms with Crippen LogP contribution >= 0.6 is 0 Å². The van der Waals surface area contributed by atoms with Crippen LogP contribution < -0.4 is 0 Å². The van der Waals surface area contributed by atoms with Gasteiger partial charge in [-0.3, -0.25) is 4.79 Å². The van der Waals surface area contributed by atoms with Gasteiger partial charge in [-0.15, -0.1) is 0 Å². The second kappa shape index (κ2) is 5.80. The van der Waals surface area contributed by atoms with Gasteiger partial charge in [0, 0.05) is 11.1 Å². The van der Waals surface area contributed by atoms with Gasteiger partial charge in [0.05, 0.1) is 19.6 Å². The lowest BCUT2D eigenvalue weighted by molar-refractivity contribution is -0.936. The maximum absolute atomic E-state index is 10.6. The molecule has 0 amide bonds. The van der Waals surface area contributed by atoms with Crippen molar-refractivity contribution in [3.63, 3.8) is 0 Å². The molecule has 16 heavy (non-hydrogen) atoms. The second-order valence-electron chi connectivity index (χ2n) is 4.31. The summed E-state index contributed by atoms with van der Waals surface area (Å²) in [7, 11) is 0. The molecule has 0 saturated heterocycles. The zero-order valence-corrected chi connectivity index (χ0v) is 10.6. The number of hydrogen-bond acceptors (Lipinski definition) is 1. The number of hydrogen-bond donors (Lipinski definition) is 0. The predicted molar refractivity (Wildman–Crippen MR) is 67.4 cm³/mol. The van der Waals surface area contributed by atoms with Gasteiger partial charge in [0.1, 0.15) is 12.8 Å². The molecule has 2 nitrogen and oxygen atoms in total. The number of nitrogens with zero attached hydrogens (tertiary/aromatic N) is 1. The van der Waals surface area contributed by atoms with Crippen LogP contribution in [0.25, 0.3) is 0 Å². The zero-order chi connectivity index (χ0) is 12.0. The van der Waals surface area contributed by atoms with Crippen molar-refractivity contribution in [3.05, 3.63) is 35.4 Å². The molecular formula is C14H22NO+. The average Bonchev–Trinajstić information content (AvgIpc) is 2.37. The Morgan fingerprint density at radius 3 is 1.88 bits per heavy atom. The number of benzene rings is 1. The van der Waals surface area contributed by atoms with E-state index in [4.69, 9.17) is 0 Å². The first-order valence-corrected chi connectivity index (χ1v) is 6.09. The van der Waals surface area contributed by atoms with E-state index in [1.807, 2.05) is 12.1 Å². The molecule has 0 unspecified atom stereocenters. The van der Waals surface area contributed by atoms with Gasteiger partial charge < -0.3 is 4.48 Å². The Morgan fingerprint density at radius 2 is 1.50 bits per heavy atom. The fourth-order valence-electron chi connectivity index (χ4n) is 2.10. The molecule has 0 radical (unpaired) electrons. The molecule has 0 aliphatic heterocycles. The van der Waals surface area contributed by atoms with E-state index in [0.717, 1.165) is 42.5 Å². The summed E-state index contributed by atoms with van der Waals surface area (Å²) in [5.41, 5.74) is 2.07. The van der Waals surface area contributed by atoms with Crippen LogP contribution in [0.1, 0.15) is 36.7 Å². The summed E-state index contributed by atoms with van der Waals surface area (Å²) >= 11 is 0. The Labute approximate surface area is 98.5 Å². The zero-order valence-electron chi connectivity index (χ0n) is 10.6. The fourth-order valence-corrected chi connectivity index (χ4v) is 2.10. The van der Waals surface area contributed by atoms with E-state index >= 15 is 0 Å². The van der Waals surface area contributed by atoms with Gasteiger partial charge in [0.2, 0.25) is 0 Å². The van der Waals surface area contributed by atoms with Crippen molar-refractivity contribution in [3.8, 4) is 0 Å². The Bertz CT molecular complexity index is 317. The third-order valence-electron chi connectivity index (χ3n) is 3.65. The van der Waals surface area contributed by atoms with Gasteiger partial charge in [-0.2, -0.15) is 0 Å². The normalized spacial score (nSPS) is 11.4. The highest BCUT2D eigenvalue weighted by atomic mass is 16.1. The van der Waals surface area contributed by atoms with Gasteiger partial charge in [-0.05, 0) is 20.8 Å². The number of carbonyl (C=O) groups is 1. The van der Waals surface area contributed by atoms with Crippen molar-refractivity contribution < 1.29 is 9.28 Å². The summed E-state index contributed by atoms with van der Waals surface area (Å²) in [5, 5.41) is 0. The Hall–Kier alpha value is -1.15. The number of aldehydes is 1. The van der Waals surface area contributed by atoms with E-state index in [1.54, 1.807) is 0 Å². The molecular weight excluding hydrogens is 198 g/mol. The van der Waals surface area contributed by atoms with Gasteiger partial charge in [0.15, 0.2) is 0 Å². The van der Waals surface area contributed by atoms with E-state index in [-0.39, 0.29) is 0 Å². The lowest BCUT2D eigenvalue weighted by atomic mass is 10.1. The number of carbonyl (C=O) groups excluding carboxylic acids is 1. The fraction of sp³-hybridized carbons (Fsp3) is 0.500. The summed E-state index contributed by atoms with van der Waals surface area (Å²) in [6.07, 6.45) is 0.894. The molecule has 1 rings (SSSR count). The largest absolute Gasteiger partial charge is 0.321 e. The highest BCUT2D eigenvalue weighted by molar-refractivity contribution is 5.74. The smallest absolute Gasteiger partial charge is 0.150 e. The minimum atomic E-state index is 0.756. The van der Waals surface area contributed by atoms with E-state index < -0.39 is 0 Å². The molecule has 0 aliphatic carbocycles. The third-order valence-corrected chi connectivity index (χ3v) is 3.65. The highest BCUT2D eigenvalue weighted by Gasteiger charge is 2.20. The summed E-state index contributed by atoms with van der Waals surface area (Å²) in [5.74, 6) is 0. The van der Waals surface area contributed by atoms with Crippen LogP contribution in [0.5, 0.6) is 0 Å². The molecule has 0 fully saturated rings. The molecule has 1 aromatic rings. The first-order valence-electron chi connectivity index (χ1n) is 6.09. The molecule has 1 aromatic carbocycles. The van der Waals surface area contributed by atoms with Crippen LogP contribution in [0.4, 0.5) is 0 Å². The van der Waals surface area contributed by atoms with E-state index in [1.165, 1.54) is 5.56 Å². The minimum Gasteiger partial charge on any atom is -0.321 e. The molecule has 88 valence electrons. The van der Waals surface area contributed by atoms with E-state index in [0.29, 0.717) is 0 Å². The Morgan fingerprint density at radius 1 is 1.00 bits per heavy atom. The first-order chi connectivity index (χ1) is 7.69. The Kier molecular flexibility index (Phi) is 4.69. The predicted octanol–water partition coefficient (Wildman–Crippen LogP) is 2.88. The van der Waals surface area contributed by atoms with Crippen molar-refractivity contribution in [1.82, 2.24) is 0 Å². The topological polar surface area (TPSA) is 17.1 Å². The molecule has 0 N–H and O–H groups in total. The van der Waals surface area contributed by atoms with Gasteiger partial charge in [-0.1, -0.05) is 24.3 Å². The standard InChI is InChI=1S/C14H22NO/c1-4-15(5-2,6-3)11-13-7-9-14(12-16)10-8-13/h7-10,12H,4-6,11H2,1-3H3/q+1. The monoisotopic (exact) mass is 220 g/mol. The van der Waals surface area contributed by atoms with Gasteiger partial charge in [0.25, 0.3) is 0 Å². The highest BCUT2D eigenvalue weighted by Crippen LogP contribution is 2.14. The summed E-state index contributed by atoms with van der Waals surface area (Å²) in [6.45, 7) is 11.3. The van der Waals surface area contributed by atoms with Crippen molar-refractivity contribution >= 4 is 6.29 Å². The summed E-state index contributed by atoms with van der Waals surface area (Å²) in [4.78, 5) is 10.6. The van der Waals surface area contributed by atoms with Gasteiger partial charge in [-0.25, -0.2) is 0 Å². The quantitative estimate of drug-likeness (QED) is 0.532. The molecule has 2 heteroatoms. The number of quaternary nitrogens is 1. The second-order valence-corrected chi connectivity index (χ2v) is 4.31. The molecule has 0 saturated carbocycles. The summed E-state index contributed by atoms with van der Waals surface area (Å²) in [6, 6.07) is 7.94. The van der Waals surface area contributed by atoms with E-state index in [9.17, 15) is 4.79 Å². The SMILES string of the molecule is CC[N+](CC)(CC)Cc1ccc(C=O)cc1. The van der Waals surface area contributed by atoms with Crippen molar-refractivity contribution in [1.29, 1.82) is 0 Å². The third kappa shape index (κ3) is 2.92. The van der Waals surface area contributed by atoms with Crippen LogP contribution in [0, 0.1) is 0 Å². The van der Waals surface area contributed by atoms with Crippen LogP contribution in [-0.2, 0) is 6.54 Å². The van der Waals surface area contributed by atoms with Crippen LogP contribution in [-0.4, -0.2) is 30.4 Å². The molecule has 0 heterocycles. The van der Waals surface area contributed by atoms with Crippen molar-refractivity contribution in [2.45, 2.75) is 27.3 Å². The average molecular weight is 220 g/mol. The van der Waals surface area contributed by atoms with E-state index in [2.05, 4.69) is 32.9 Å². The molecule has 0 atom stereocenters. The maximum atomic E-state index is 10.6. The number of rotatable bonds is 6. The minimum absolute atomic E-state index is 0.756. The molecule has 0 aromatic heterocycles. The Balaban J connectivity index is 2.81. The first kappa shape index (κ1) is 12.9. The van der Waals surface area contributed by atoms with Crippen LogP contribution in [0.2, 0.25) is 0 Å².